The van der Waals surface area contributed by atoms with Gasteiger partial charge in [0.1, 0.15) is 18.0 Å². The van der Waals surface area contributed by atoms with Crippen molar-refractivity contribution < 1.29 is 13.9 Å². The summed E-state index contributed by atoms with van der Waals surface area (Å²) >= 11 is 0. The first-order chi connectivity index (χ1) is 9.23. The highest BCUT2D eigenvalue weighted by Crippen LogP contribution is 2.25. The predicted octanol–water partition coefficient (Wildman–Crippen LogP) is 3.15. The van der Waals surface area contributed by atoms with Crippen LogP contribution in [0.2, 0.25) is 0 Å². The predicted molar refractivity (Wildman–Crippen MR) is 77.9 cm³/mol. The lowest BCUT2D eigenvalue weighted by atomic mass is 9.92. The fraction of sp³-hybridized carbons (Fsp3) is 0.562. The van der Waals surface area contributed by atoms with Gasteiger partial charge in [-0.2, -0.15) is 0 Å². The van der Waals surface area contributed by atoms with Gasteiger partial charge in [-0.3, -0.25) is 4.79 Å². The molecule has 0 amide bonds. The first kappa shape index (κ1) is 16.6. The average molecular weight is 281 g/mol. The first-order valence-electron chi connectivity index (χ1n) is 6.96. The number of hydrogen-bond acceptors (Lipinski definition) is 3. The van der Waals surface area contributed by atoms with E-state index in [9.17, 15) is 9.18 Å². The largest absolute Gasteiger partial charge is 0.461 e. The number of carbonyl (C=O) groups is 1. The van der Waals surface area contributed by atoms with Crippen molar-refractivity contribution in [1.82, 2.24) is 0 Å². The third kappa shape index (κ3) is 4.04. The molecule has 0 aliphatic heterocycles. The Balaban J connectivity index is 2.76. The maximum atomic E-state index is 13.1. The van der Waals surface area contributed by atoms with E-state index < -0.39 is 6.04 Å². The van der Waals surface area contributed by atoms with Gasteiger partial charge >= 0.3 is 5.97 Å². The molecule has 0 spiro atoms. The van der Waals surface area contributed by atoms with Crippen LogP contribution >= 0.6 is 0 Å². The molecule has 0 aliphatic carbocycles. The van der Waals surface area contributed by atoms with Gasteiger partial charge in [0, 0.05) is 5.92 Å². The molecule has 0 bridgehead atoms. The van der Waals surface area contributed by atoms with E-state index in [1.165, 1.54) is 12.1 Å². The highest BCUT2D eigenvalue weighted by Gasteiger charge is 2.25. The Morgan fingerprint density at radius 2 is 1.85 bits per heavy atom. The molecule has 3 nitrogen and oxygen atoms in total. The Morgan fingerprint density at radius 1 is 1.25 bits per heavy atom. The molecule has 3 atom stereocenters. The number of benzene rings is 1. The lowest BCUT2D eigenvalue weighted by Gasteiger charge is -2.24. The molecule has 1 aromatic carbocycles. The van der Waals surface area contributed by atoms with Gasteiger partial charge in [-0.1, -0.05) is 26.8 Å². The van der Waals surface area contributed by atoms with Gasteiger partial charge < -0.3 is 10.5 Å². The van der Waals surface area contributed by atoms with Crippen LogP contribution in [0.25, 0.3) is 0 Å². The Bertz CT molecular complexity index is 474. The minimum absolute atomic E-state index is 0.0149. The van der Waals surface area contributed by atoms with Crippen molar-refractivity contribution in [1.29, 1.82) is 0 Å². The molecule has 1 aromatic rings. The number of carbonyl (C=O) groups excluding carboxylic acids is 1. The van der Waals surface area contributed by atoms with Gasteiger partial charge in [-0.25, -0.2) is 4.39 Å². The van der Waals surface area contributed by atoms with Gasteiger partial charge in [-0.15, -0.1) is 0 Å². The summed E-state index contributed by atoms with van der Waals surface area (Å²) in [5, 5.41) is 0. The average Bonchev–Trinajstić information content (AvgIpc) is 2.36. The summed E-state index contributed by atoms with van der Waals surface area (Å²) < 4.78 is 18.5. The number of aryl methyl sites for hydroxylation is 1. The van der Waals surface area contributed by atoms with E-state index in [4.69, 9.17) is 10.5 Å². The molecule has 0 aromatic heterocycles. The minimum Gasteiger partial charge on any atom is -0.461 e. The van der Waals surface area contributed by atoms with E-state index in [0.717, 1.165) is 11.1 Å². The van der Waals surface area contributed by atoms with Crippen molar-refractivity contribution in [3.05, 3.63) is 35.1 Å². The van der Waals surface area contributed by atoms with Gasteiger partial charge in [0.05, 0.1) is 0 Å². The highest BCUT2D eigenvalue weighted by molar-refractivity contribution is 5.76. The maximum Gasteiger partial charge on any atom is 0.323 e. The molecule has 4 heteroatoms. The van der Waals surface area contributed by atoms with E-state index in [2.05, 4.69) is 0 Å². The fourth-order valence-electron chi connectivity index (χ4n) is 2.04. The fourth-order valence-corrected chi connectivity index (χ4v) is 2.04. The first-order valence-corrected chi connectivity index (χ1v) is 6.96. The zero-order valence-corrected chi connectivity index (χ0v) is 12.8. The Hall–Kier alpha value is -1.42. The molecule has 0 saturated heterocycles. The molecule has 20 heavy (non-hydrogen) atoms. The third-order valence-electron chi connectivity index (χ3n) is 3.72. The van der Waals surface area contributed by atoms with Crippen LogP contribution in [0.3, 0.4) is 0 Å². The van der Waals surface area contributed by atoms with E-state index >= 15 is 0 Å². The molecule has 1 rings (SSSR count). The van der Waals surface area contributed by atoms with Crippen molar-refractivity contribution >= 4 is 5.97 Å². The van der Waals surface area contributed by atoms with Crippen LogP contribution < -0.4 is 5.73 Å². The molecule has 0 fully saturated rings. The zero-order valence-electron chi connectivity index (χ0n) is 12.8. The monoisotopic (exact) mass is 281 g/mol. The van der Waals surface area contributed by atoms with Crippen molar-refractivity contribution in [2.75, 3.05) is 0 Å². The van der Waals surface area contributed by atoms with Crippen LogP contribution in [-0.4, -0.2) is 18.1 Å². The van der Waals surface area contributed by atoms with E-state index in [1.54, 1.807) is 6.07 Å². The maximum absolute atomic E-state index is 13.1. The van der Waals surface area contributed by atoms with Crippen molar-refractivity contribution in [3.8, 4) is 0 Å². The van der Waals surface area contributed by atoms with Crippen molar-refractivity contribution in [3.63, 3.8) is 0 Å². The van der Waals surface area contributed by atoms with E-state index in [-0.39, 0.29) is 29.7 Å². The summed E-state index contributed by atoms with van der Waals surface area (Å²) in [6.45, 7) is 9.40. The lowest BCUT2D eigenvalue weighted by molar-refractivity contribution is -0.151. The van der Waals surface area contributed by atoms with Crippen molar-refractivity contribution in [2.45, 2.75) is 52.7 Å². The van der Waals surface area contributed by atoms with E-state index in [1.807, 2.05) is 34.6 Å². The second-order valence-electron chi connectivity index (χ2n) is 5.70. The summed E-state index contributed by atoms with van der Waals surface area (Å²) in [7, 11) is 0. The number of rotatable bonds is 5. The number of esters is 1. The minimum atomic E-state index is -0.612. The second kappa shape index (κ2) is 6.84. The standard InChI is InChI=1S/C16H24FNO2/c1-9(2)15(18)16(19)20-12(5)11(4)14-7-6-13(17)8-10(14)3/h6-9,11-12,15H,18H2,1-5H3/t11-,12-,15+/m1/s1. The molecule has 0 aliphatic rings. The van der Waals surface area contributed by atoms with E-state index in [0.29, 0.717) is 0 Å². The summed E-state index contributed by atoms with van der Waals surface area (Å²) in [5.41, 5.74) is 7.60. The quantitative estimate of drug-likeness (QED) is 0.843. The third-order valence-corrected chi connectivity index (χ3v) is 3.72. The molecule has 2 N–H and O–H groups in total. The normalized spacial score (nSPS) is 15.8. The summed E-state index contributed by atoms with van der Waals surface area (Å²) in [4.78, 5) is 11.9. The lowest BCUT2D eigenvalue weighted by Crippen LogP contribution is -2.39. The Labute approximate surface area is 120 Å². The molecule has 0 unspecified atom stereocenters. The number of halogens is 1. The molecular weight excluding hydrogens is 257 g/mol. The second-order valence-corrected chi connectivity index (χ2v) is 5.70. The molecule has 112 valence electrons. The molecule has 0 radical (unpaired) electrons. The van der Waals surface area contributed by atoms with Gasteiger partial charge in [0.15, 0.2) is 0 Å². The number of ether oxygens (including phenoxy) is 1. The summed E-state index contributed by atoms with van der Waals surface area (Å²) in [6, 6.07) is 4.04. The van der Waals surface area contributed by atoms with Crippen molar-refractivity contribution in [2.24, 2.45) is 11.7 Å². The summed E-state index contributed by atoms with van der Waals surface area (Å²) in [6.07, 6.45) is -0.309. The Kier molecular flexibility index (Phi) is 5.69. The SMILES string of the molecule is Cc1cc(F)ccc1[C@H](C)[C@@H](C)OC(=O)[C@@H](N)C(C)C. The Morgan fingerprint density at radius 3 is 2.35 bits per heavy atom. The van der Waals surface area contributed by atoms with Crippen LogP contribution in [0.1, 0.15) is 44.7 Å². The molecule has 0 saturated carbocycles. The number of hydrogen-bond donors (Lipinski definition) is 1. The van der Waals surface area contributed by atoms with Crippen LogP contribution in [0, 0.1) is 18.7 Å². The van der Waals surface area contributed by atoms with Gasteiger partial charge in [0.25, 0.3) is 0 Å². The van der Waals surface area contributed by atoms with Crippen LogP contribution in [0.4, 0.5) is 4.39 Å². The smallest absolute Gasteiger partial charge is 0.323 e. The molecular formula is C16H24FNO2. The number of nitrogens with two attached hydrogens (primary N) is 1. The van der Waals surface area contributed by atoms with Gasteiger partial charge in [-0.05, 0) is 43.0 Å². The highest BCUT2D eigenvalue weighted by atomic mass is 19.1. The summed E-state index contributed by atoms with van der Waals surface area (Å²) in [5.74, 6) is -0.625. The van der Waals surface area contributed by atoms with Gasteiger partial charge in [0.2, 0.25) is 0 Å². The topological polar surface area (TPSA) is 52.3 Å². The van der Waals surface area contributed by atoms with Crippen LogP contribution in [-0.2, 0) is 9.53 Å². The molecule has 0 heterocycles. The zero-order chi connectivity index (χ0) is 15.4. The van der Waals surface area contributed by atoms with Crippen LogP contribution in [0.15, 0.2) is 18.2 Å². The van der Waals surface area contributed by atoms with Crippen LogP contribution in [0.5, 0.6) is 0 Å².